The van der Waals surface area contributed by atoms with E-state index in [1.54, 1.807) is 0 Å². The molecule has 1 heterocycles. The third-order valence-electron chi connectivity index (χ3n) is 3.76. The second-order valence-electron chi connectivity index (χ2n) is 5.07. The molecule has 0 radical (unpaired) electrons. The summed E-state index contributed by atoms with van der Waals surface area (Å²) in [7, 11) is 0. The van der Waals surface area contributed by atoms with E-state index >= 15 is 0 Å². The third-order valence-corrected chi connectivity index (χ3v) is 3.76. The lowest BCUT2D eigenvalue weighted by Gasteiger charge is -2.13. The van der Waals surface area contributed by atoms with Crippen LogP contribution in [0, 0.1) is 0 Å². The standard InChI is InChI=1S/C15H24N2O/c1-3-5-9-16-11-13-10-12-7-6-8-14(12)17(4-2)15(13)18/h10,16H,3-9,11H2,1-2H3. The Morgan fingerprint density at radius 3 is 2.89 bits per heavy atom. The number of hydrogen-bond donors (Lipinski definition) is 1. The summed E-state index contributed by atoms with van der Waals surface area (Å²) in [5.74, 6) is 0. The van der Waals surface area contributed by atoms with Gasteiger partial charge in [-0.05, 0) is 50.8 Å². The zero-order valence-electron chi connectivity index (χ0n) is 11.6. The SMILES string of the molecule is CCCCNCc1cc2c(n(CC)c1=O)CCC2. The van der Waals surface area contributed by atoms with Crippen LogP contribution in [0.2, 0.25) is 0 Å². The van der Waals surface area contributed by atoms with Gasteiger partial charge in [-0.15, -0.1) is 0 Å². The molecule has 1 aliphatic rings. The summed E-state index contributed by atoms with van der Waals surface area (Å²) in [6.45, 7) is 6.75. The van der Waals surface area contributed by atoms with Crippen molar-refractivity contribution in [3.8, 4) is 0 Å². The summed E-state index contributed by atoms with van der Waals surface area (Å²) in [5, 5.41) is 3.37. The summed E-state index contributed by atoms with van der Waals surface area (Å²) in [6, 6.07) is 2.13. The molecule has 0 fully saturated rings. The zero-order valence-corrected chi connectivity index (χ0v) is 11.6. The van der Waals surface area contributed by atoms with Gasteiger partial charge in [-0.2, -0.15) is 0 Å². The van der Waals surface area contributed by atoms with Crippen LogP contribution in [0.5, 0.6) is 0 Å². The number of rotatable bonds is 6. The minimum absolute atomic E-state index is 0.210. The Labute approximate surface area is 109 Å². The molecule has 0 bridgehead atoms. The van der Waals surface area contributed by atoms with Crippen LogP contribution in [0.4, 0.5) is 0 Å². The van der Waals surface area contributed by atoms with Gasteiger partial charge in [0.25, 0.3) is 5.56 Å². The van der Waals surface area contributed by atoms with E-state index in [1.165, 1.54) is 30.5 Å². The van der Waals surface area contributed by atoms with E-state index in [1.807, 2.05) is 4.57 Å². The highest BCUT2D eigenvalue weighted by Gasteiger charge is 2.17. The molecule has 3 nitrogen and oxygen atoms in total. The molecule has 0 atom stereocenters. The maximum absolute atomic E-state index is 12.3. The molecule has 2 rings (SSSR count). The van der Waals surface area contributed by atoms with Crippen LogP contribution in [0.25, 0.3) is 0 Å². The van der Waals surface area contributed by atoms with Gasteiger partial charge < -0.3 is 9.88 Å². The van der Waals surface area contributed by atoms with E-state index in [-0.39, 0.29) is 5.56 Å². The number of nitrogens with one attached hydrogen (secondary N) is 1. The summed E-state index contributed by atoms with van der Waals surface area (Å²) in [5.41, 5.74) is 3.82. The van der Waals surface area contributed by atoms with Crippen molar-refractivity contribution in [2.75, 3.05) is 6.54 Å². The van der Waals surface area contributed by atoms with Gasteiger partial charge in [-0.3, -0.25) is 4.79 Å². The zero-order chi connectivity index (χ0) is 13.0. The van der Waals surface area contributed by atoms with Crippen molar-refractivity contribution < 1.29 is 0 Å². The number of hydrogen-bond acceptors (Lipinski definition) is 2. The van der Waals surface area contributed by atoms with E-state index in [2.05, 4.69) is 25.2 Å². The van der Waals surface area contributed by atoms with Gasteiger partial charge in [0, 0.05) is 24.3 Å². The lowest BCUT2D eigenvalue weighted by molar-refractivity contribution is 0.620. The average Bonchev–Trinajstić information content (AvgIpc) is 2.83. The maximum Gasteiger partial charge on any atom is 0.255 e. The summed E-state index contributed by atoms with van der Waals surface area (Å²) in [4.78, 5) is 12.3. The van der Waals surface area contributed by atoms with Crippen LogP contribution in [0.1, 0.15) is 49.9 Å². The van der Waals surface area contributed by atoms with Crippen molar-refractivity contribution >= 4 is 0 Å². The van der Waals surface area contributed by atoms with Crippen molar-refractivity contribution in [1.29, 1.82) is 0 Å². The van der Waals surface area contributed by atoms with Crippen LogP contribution < -0.4 is 10.9 Å². The van der Waals surface area contributed by atoms with E-state index in [9.17, 15) is 4.79 Å². The molecule has 1 aromatic rings. The van der Waals surface area contributed by atoms with Gasteiger partial charge in [0.15, 0.2) is 0 Å². The Hall–Kier alpha value is -1.09. The average molecular weight is 248 g/mol. The van der Waals surface area contributed by atoms with Gasteiger partial charge in [-0.25, -0.2) is 0 Å². The number of pyridine rings is 1. The molecular formula is C15H24N2O. The van der Waals surface area contributed by atoms with Crippen molar-refractivity contribution in [3.05, 3.63) is 33.2 Å². The highest BCUT2D eigenvalue weighted by molar-refractivity contribution is 5.30. The first-order valence-electron chi connectivity index (χ1n) is 7.23. The number of aryl methyl sites for hydroxylation is 1. The fourth-order valence-electron chi connectivity index (χ4n) is 2.77. The highest BCUT2D eigenvalue weighted by Crippen LogP contribution is 2.21. The van der Waals surface area contributed by atoms with Crippen LogP contribution in [0.3, 0.4) is 0 Å². The molecule has 1 N–H and O–H groups in total. The highest BCUT2D eigenvalue weighted by atomic mass is 16.1. The molecular weight excluding hydrogens is 224 g/mol. The quantitative estimate of drug-likeness (QED) is 0.783. The van der Waals surface area contributed by atoms with Gasteiger partial charge in [0.05, 0.1) is 0 Å². The molecule has 18 heavy (non-hydrogen) atoms. The van der Waals surface area contributed by atoms with Crippen LogP contribution >= 0.6 is 0 Å². The smallest absolute Gasteiger partial charge is 0.255 e. The first kappa shape index (κ1) is 13.3. The largest absolute Gasteiger partial charge is 0.312 e. The van der Waals surface area contributed by atoms with Crippen molar-refractivity contribution in [2.45, 2.75) is 59.0 Å². The molecule has 1 aromatic heterocycles. The molecule has 0 saturated heterocycles. The Kier molecular flexibility index (Phi) is 4.59. The first-order valence-corrected chi connectivity index (χ1v) is 7.23. The number of unbranched alkanes of at least 4 members (excludes halogenated alkanes) is 1. The monoisotopic (exact) mass is 248 g/mol. The Balaban J connectivity index is 2.18. The molecule has 0 amide bonds. The number of fused-ring (bicyclic) bond motifs is 1. The topological polar surface area (TPSA) is 34.0 Å². The second kappa shape index (κ2) is 6.19. The molecule has 0 aliphatic heterocycles. The number of nitrogens with zero attached hydrogens (tertiary/aromatic N) is 1. The summed E-state index contributed by atoms with van der Waals surface area (Å²) in [6.07, 6.45) is 5.77. The maximum atomic E-state index is 12.3. The first-order chi connectivity index (χ1) is 8.77. The van der Waals surface area contributed by atoms with E-state index in [4.69, 9.17) is 0 Å². The normalized spacial score (nSPS) is 13.9. The van der Waals surface area contributed by atoms with Crippen molar-refractivity contribution in [1.82, 2.24) is 9.88 Å². The third kappa shape index (κ3) is 2.66. The Bertz CT molecular complexity index is 462. The van der Waals surface area contributed by atoms with Crippen LogP contribution in [-0.2, 0) is 25.9 Å². The predicted molar refractivity (Wildman–Crippen MR) is 75.0 cm³/mol. The minimum atomic E-state index is 0.210. The fraction of sp³-hybridized carbons (Fsp3) is 0.667. The lowest BCUT2D eigenvalue weighted by atomic mass is 10.1. The van der Waals surface area contributed by atoms with Crippen LogP contribution in [0.15, 0.2) is 10.9 Å². The van der Waals surface area contributed by atoms with E-state index in [0.29, 0.717) is 6.54 Å². The van der Waals surface area contributed by atoms with Crippen LogP contribution in [-0.4, -0.2) is 11.1 Å². The molecule has 3 heteroatoms. The molecule has 0 saturated carbocycles. The van der Waals surface area contributed by atoms with E-state index in [0.717, 1.165) is 31.5 Å². The van der Waals surface area contributed by atoms with Gasteiger partial charge >= 0.3 is 0 Å². The van der Waals surface area contributed by atoms with Gasteiger partial charge in [-0.1, -0.05) is 13.3 Å². The second-order valence-corrected chi connectivity index (χ2v) is 5.07. The van der Waals surface area contributed by atoms with E-state index < -0.39 is 0 Å². The predicted octanol–water partition coefficient (Wildman–Crippen LogP) is 2.25. The Morgan fingerprint density at radius 1 is 1.33 bits per heavy atom. The number of aromatic nitrogens is 1. The fourth-order valence-corrected chi connectivity index (χ4v) is 2.77. The lowest BCUT2D eigenvalue weighted by Crippen LogP contribution is -2.29. The van der Waals surface area contributed by atoms with Gasteiger partial charge in [0.2, 0.25) is 0 Å². The molecule has 0 aromatic carbocycles. The Morgan fingerprint density at radius 2 is 2.17 bits per heavy atom. The van der Waals surface area contributed by atoms with Crippen molar-refractivity contribution in [3.63, 3.8) is 0 Å². The van der Waals surface area contributed by atoms with Crippen molar-refractivity contribution in [2.24, 2.45) is 0 Å². The molecule has 0 unspecified atom stereocenters. The minimum Gasteiger partial charge on any atom is -0.312 e. The molecule has 1 aliphatic carbocycles. The molecule has 0 spiro atoms. The summed E-state index contributed by atoms with van der Waals surface area (Å²) >= 11 is 0. The summed E-state index contributed by atoms with van der Waals surface area (Å²) < 4.78 is 1.97. The van der Waals surface area contributed by atoms with Gasteiger partial charge in [0.1, 0.15) is 0 Å². The molecule has 100 valence electrons.